The van der Waals surface area contributed by atoms with Crippen LogP contribution in [0.4, 0.5) is 10.5 Å². The maximum atomic E-state index is 11.1. The van der Waals surface area contributed by atoms with Crippen molar-refractivity contribution in [1.82, 2.24) is 11.1 Å². The van der Waals surface area contributed by atoms with Crippen LogP contribution in [-0.4, -0.2) is 16.9 Å². The van der Waals surface area contributed by atoms with Crippen molar-refractivity contribution < 1.29 is 14.5 Å². The monoisotopic (exact) mass is 208 g/mol. The highest BCUT2D eigenvalue weighted by Gasteiger charge is 2.10. The summed E-state index contributed by atoms with van der Waals surface area (Å²) in [4.78, 5) is 31.0. The first-order valence-electron chi connectivity index (χ1n) is 3.82. The molecular formula is C8H6N3O4. The lowest BCUT2D eigenvalue weighted by atomic mass is 10.2. The lowest BCUT2D eigenvalue weighted by Gasteiger charge is -1.99. The van der Waals surface area contributed by atoms with Crippen molar-refractivity contribution in [3.05, 3.63) is 39.9 Å². The van der Waals surface area contributed by atoms with Crippen molar-refractivity contribution >= 4 is 17.6 Å². The quantitative estimate of drug-likeness (QED) is 0.569. The smallest absolute Gasteiger partial charge is 0.273 e. The number of carbonyl (C=O) groups is 2. The highest BCUT2D eigenvalue weighted by molar-refractivity contribution is 6.03. The Labute approximate surface area is 84.0 Å². The second kappa shape index (κ2) is 4.18. The third-order valence-electron chi connectivity index (χ3n) is 1.57. The van der Waals surface area contributed by atoms with Gasteiger partial charge in [0.25, 0.3) is 11.6 Å². The van der Waals surface area contributed by atoms with E-state index >= 15 is 0 Å². The van der Waals surface area contributed by atoms with E-state index in [1.165, 1.54) is 12.1 Å². The van der Waals surface area contributed by atoms with Crippen LogP contribution >= 0.6 is 0 Å². The minimum atomic E-state index is -1.22. The highest BCUT2D eigenvalue weighted by atomic mass is 16.6. The standard InChI is InChI=1S/C8H6N3O4/c9-8(13)10-7(12)5-1-3-6(4-2-5)11(14)15/h1-4,9H,(H,10,12,13). The molecule has 0 aromatic heterocycles. The Bertz CT molecular complexity index is 412. The zero-order chi connectivity index (χ0) is 11.4. The first-order valence-corrected chi connectivity index (χ1v) is 3.82. The third kappa shape index (κ3) is 2.76. The summed E-state index contributed by atoms with van der Waals surface area (Å²) in [7, 11) is 0. The van der Waals surface area contributed by atoms with Gasteiger partial charge >= 0.3 is 6.03 Å². The van der Waals surface area contributed by atoms with Crippen LogP contribution in [-0.2, 0) is 0 Å². The molecule has 0 aliphatic carbocycles. The first-order chi connectivity index (χ1) is 7.00. The fraction of sp³-hybridized carbons (Fsp3) is 0. The molecule has 0 heterocycles. The molecular weight excluding hydrogens is 202 g/mol. The number of nitrogens with one attached hydrogen (secondary N) is 2. The lowest BCUT2D eigenvalue weighted by Crippen LogP contribution is -2.29. The summed E-state index contributed by atoms with van der Waals surface area (Å²) in [5.41, 5.74) is 6.42. The zero-order valence-electron chi connectivity index (χ0n) is 7.39. The minimum Gasteiger partial charge on any atom is -0.273 e. The van der Waals surface area contributed by atoms with E-state index in [1.807, 2.05) is 0 Å². The number of imide groups is 1. The van der Waals surface area contributed by atoms with Gasteiger partial charge in [0.2, 0.25) is 0 Å². The summed E-state index contributed by atoms with van der Waals surface area (Å²) in [6, 6.07) is 3.47. The third-order valence-corrected chi connectivity index (χ3v) is 1.57. The van der Waals surface area contributed by atoms with Crippen LogP contribution in [0, 0.1) is 10.1 Å². The summed E-state index contributed by atoms with van der Waals surface area (Å²) < 4.78 is 0. The Balaban J connectivity index is 2.84. The van der Waals surface area contributed by atoms with Gasteiger partial charge in [-0.05, 0) is 12.1 Å². The fourth-order valence-electron chi connectivity index (χ4n) is 0.910. The first kappa shape index (κ1) is 10.6. The second-order valence-electron chi connectivity index (χ2n) is 2.59. The Morgan fingerprint density at radius 1 is 1.27 bits per heavy atom. The van der Waals surface area contributed by atoms with Gasteiger partial charge in [-0.15, -0.1) is 0 Å². The van der Waals surface area contributed by atoms with E-state index in [1.54, 1.807) is 5.32 Å². The molecule has 0 saturated carbocycles. The molecule has 0 fully saturated rings. The Kier molecular flexibility index (Phi) is 2.97. The Morgan fingerprint density at radius 3 is 2.20 bits per heavy atom. The molecule has 1 rings (SSSR count). The van der Waals surface area contributed by atoms with Crippen LogP contribution in [0.3, 0.4) is 0 Å². The van der Waals surface area contributed by atoms with Gasteiger partial charge < -0.3 is 0 Å². The predicted molar refractivity (Wildman–Crippen MR) is 49.1 cm³/mol. The molecule has 0 saturated heterocycles. The molecule has 1 aromatic rings. The van der Waals surface area contributed by atoms with E-state index in [4.69, 9.17) is 5.73 Å². The van der Waals surface area contributed by atoms with Gasteiger partial charge in [-0.25, -0.2) is 10.5 Å². The number of nitro groups is 1. The number of rotatable bonds is 2. The number of carbonyl (C=O) groups excluding carboxylic acids is 2. The number of urea groups is 1. The molecule has 1 radical (unpaired) electrons. The van der Waals surface area contributed by atoms with E-state index < -0.39 is 16.9 Å². The fourth-order valence-corrected chi connectivity index (χ4v) is 0.910. The summed E-state index contributed by atoms with van der Waals surface area (Å²) in [5, 5.41) is 12.0. The van der Waals surface area contributed by atoms with Crippen molar-refractivity contribution in [2.75, 3.05) is 0 Å². The largest absolute Gasteiger partial charge is 0.340 e. The molecule has 3 amide bonds. The van der Waals surface area contributed by atoms with Crippen LogP contribution in [0.25, 0.3) is 0 Å². The van der Waals surface area contributed by atoms with Crippen LogP contribution in [0.5, 0.6) is 0 Å². The van der Waals surface area contributed by atoms with Crippen molar-refractivity contribution in [1.29, 1.82) is 0 Å². The summed E-state index contributed by atoms with van der Waals surface area (Å²) >= 11 is 0. The van der Waals surface area contributed by atoms with Gasteiger partial charge in [0, 0.05) is 17.7 Å². The summed E-state index contributed by atoms with van der Waals surface area (Å²) in [5.74, 6) is -0.759. The van der Waals surface area contributed by atoms with E-state index in [0.717, 1.165) is 12.1 Å². The predicted octanol–water partition coefficient (Wildman–Crippen LogP) is 0.727. The van der Waals surface area contributed by atoms with Crippen LogP contribution in [0.2, 0.25) is 0 Å². The van der Waals surface area contributed by atoms with E-state index in [-0.39, 0.29) is 11.3 Å². The van der Waals surface area contributed by atoms with E-state index in [9.17, 15) is 19.7 Å². The Morgan fingerprint density at radius 2 is 1.80 bits per heavy atom. The maximum Gasteiger partial charge on any atom is 0.340 e. The lowest BCUT2D eigenvalue weighted by molar-refractivity contribution is -0.384. The molecule has 0 spiro atoms. The molecule has 77 valence electrons. The molecule has 1 aromatic carbocycles. The Hall–Kier alpha value is -2.44. The maximum absolute atomic E-state index is 11.1. The normalized spacial score (nSPS) is 9.33. The van der Waals surface area contributed by atoms with Gasteiger partial charge in [-0.1, -0.05) is 0 Å². The van der Waals surface area contributed by atoms with Crippen LogP contribution in [0.1, 0.15) is 10.4 Å². The minimum absolute atomic E-state index is 0.0844. The number of nitrogens with zero attached hydrogens (tertiary/aromatic N) is 1. The molecule has 7 heteroatoms. The van der Waals surface area contributed by atoms with Gasteiger partial charge in [0.15, 0.2) is 0 Å². The van der Waals surface area contributed by atoms with Gasteiger partial charge in [0.05, 0.1) is 4.92 Å². The van der Waals surface area contributed by atoms with Crippen LogP contribution < -0.4 is 11.1 Å². The zero-order valence-corrected chi connectivity index (χ0v) is 7.39. The number of non-ortho nitro benzene ring substituents is 1. The molecule has 15 heavy (non-hydrogen) atoms. The number of benzene rings is 1. The van der Waals surface area contributed by atoms with E-state index in [0.29, 0.717) is 0 Å². The van der Waals surface area contributed by atoms with Gasteiger partial charge in [-0.3, -0.25) is 20.2 Å². The topological polar surface area (TPSA) is 113 Å². The van der Waals surface area contributed by atoms with Crippen molar-refractivity contribution in [2.24, 2.45) is 0 Å². The average Bonchev–Trinajstić information content (AvgIpc) is 2.17. The molecule has 7 nitrogen and oxygen atoms in total. The average molecular weight is 208 g/mol. The molecule has 0 aliphatic heterocycles. The van der Waals surface area contributed by atoms with Crippen molar-refractivity contribution in [3.8, 4) is 0 Å². The van der Waals surface area contributed by atoms with Gasteiger partial charge in [-0.2, -0.15) is 0 Å². The number of hydrogen-bond acceptors (Lipinski definition) is 4. The highest BCUT2D eigenvalue weighted by Crippen LogP contribution is 2.11. The number of nitro benzene ring substituents is 1. The molecule has 0 atom stereocenters. The number of hydrogen-bond donors (Lipinski definition) is 1. The van der Waals surface area contributed by atoms with Crippen molar-refractivity contribution in [3.63, 3.8) is 0 Å². The molecule has 0 aliphatic rings. The number of amides is 3. The molecule has 0 bridgehead atoms. The van der Waals surface area contributed by atoms with Gasteiger partial charge in [0.1, 0.15) is 0 Å². The summed E-state index contributed by atoms with van der Waals surface area (Å²) in [6.45, 7) is 0. The second-order valence-corrected chi connectivity index (χ2v) is 2.59. The summed E-state index contributed by atoms with van der Waals surface area (Å²) in [6.07, 6.45) is 0. The van der Waals surface area contributed by atoms with Crippen molar-refractivity contribution in [2.45, 2.75) is 0 Å². The van der Waals surface area contributed by atoms with Crippen LogP contribution in [0.15, 0.2) is 24.3 Å². The van der Waals surface area contributed by atoms with E-state index in [2.05, 4.69) is 0 Å². The molecule has 2 N–H and O–H groups in total. The molecule has 0 unspecified atom stereocenters. The SMILES string of the molecule is [NH]C(=O)NC(=O)c1ccc([N+](=O)[O-])cc1.